The Labute approximate surface area is 94.8 Å². The lowest BCUT2D eigenvalue weighted by Crippen LogP contribution is -2.24. The largest absolute Gasteiger partial charge is 0.383 e. The first-order valence-corrected chi connectivity index (χ1v) is 5.65. The summed E-state index contributed by atoms with van der Waals surface area (Å²) in [5.74, 6) is 0.600. The minimum atomic E-state index is 0.600. The molecule has 2 rings (SSSR count). The molecule has 1 unspecified atom stereocenters. The van der Waals surface area contributed by atoms with Crippen LogP contribution < -0.4 is 5.32 Å². The molecule has 0 aliphatic carbocycles. The fourth-order valence-corrected chi connectivity index (χ4v) is 1.93. The molecule has 1 aliphatic rings. The molecule has 1 N–H and O–H groups in total. The predicted octanol–water partition coefficient (Wildman–Crippen LogP) is 2.57. The van der Waals surface area contributed by atoms with Crippen LogP contribution in [0.4, 0.5) is 5.69 Å². The number of hydrogen-bond donors (Lipinski definition) is 1. The van der Waals surface area contributed by atoms with E-state index in [2.05, 4.69) is 10.3 Å². The molecule has 1 aromatic heterocycles. The molecule has 0 bridgehead atoms. The second kappa shape index (κ2) is 5.33. The van der Waals surface area contributed by atoms with Crippen molar-refractivity contribution in [3.05, 3.63) is 23.5 Å². The van der Waals surface area contributed by atoms with Crippen LogP contribution in [0.1, 0.15) is 12.8 Å². The zero-order chi connectivity index (χ0) is 10.5. The summed E-state index contributed by atoms with van der Waals surface area (Å²) in [5, 5.41) is 4.01. The summed E-state index contributed by atoms with van der Waals surface area (Å²) in [4.78, 5) is 3.94. The van der Waals surface area contributed by atoms with Crippen LogP contribution in [-0.2, 0) is 4.74 Å². The third kappa shape index (κ3) is 3.08. The van der Waals surface area contributed by atoms with E-state index in [1.54, 1.807) is 12.4 Å². The van der Waals surface area contributed by atoms with Crippen LogP contribution in [-0.4, -0.2) is 24.7 Å². The zero-order valence-corrected chi connectivity index (χ0v) is 9.33. The summed E-state index contributed by atoms with van der Waals surface area (Å²) in [5.41, 5.74) is 0.956. The molecule has 82 valence electrons. The minimum absolute atomic E-state index is 0.600. The fraction of sp³-hybridized carbons (Fsp3) is 0.545. The van der Waals surface area contributed by atoms with E-state index in [9.17, 15) is 0 Å². The summed E-state index contributed by atoms with van der Waals surface area (Å²) >= 11 is 5.99. The molecule has 4 heteroatoms. The topological polar surface area (TPSA) is 34.2 Å². The lowest BCUT2D eigenvalue weighted by molar-refractivity contribution is 0.0595. The average molecular weight is 227 g/mol. The van der Waals surface area contributed by atoms with Crippen molar-refractivity contribution in [2.45, 2.75) is 12.8 Å². The number of anilines is 1. The van der Waals surface area contributed by atoms with E-state index >= 15 is 0 Å². The van der Waals surface area contributed by atoms with Gasteiger partial charge in [0.15, 0.2) is 0 Å². The Morgan fingerprint density at radius 1 is 1.60 bits per heavy atom. The summed E-state index contributed by atoms with van der Waals surface area (Å²) in [6.07, 6.45) is 5.79. The summed E-state index contributed by atoms with van der Waals surface area (Å²) in [7, 11) is 0. The van der Waals surface area contributed by atoms with Crippen LogP contribution in [0.25, 0.3) is 0 Å². The van der Waals surface area contributed by atoms with E-state index in [-0.39, 0.29) is 0 Å². The number of nitrogens with zero attached hydrogens (tertiary/aromatic N) is 1. The van der Waals surface area contributed by atoms with Crippen molar-refractivity contribution in [3.63, 3.8) is 0 Å². The van der Waals surface area contributed by atoms with Crippen molar-refractivity contribution in [3.8, 4) is 0 Å². The monoisotopic (exact) mass is 226 g/mol. The molecule has 0 spiro atoms. The van der Waals surface area contributed by atoms with Gasteiger partial charge in [0.25, 0.3) is 0 Å². The molecule has 1 aromatic rings. The number of pyridine rings is 1. The van der Waals surface area contributed by atoms with Crippen molar-refractivity contribution in [2.24, 2.45) is 5.92 Å². The Kier molecular flexibility index (Phi) is 3.80. The Balaban J connectivity index is 1.84. The molecule has 3 nitrogen and oxygen atoms in total. The van der Waals surface area contributed by atoms with Gasteiger partial charge in [0.2, 0.25) is 0 Å². The highest BCUT2D eigenvalue weighted by molar-refractivity contribution is 6.33. The fourth-order valence-electron chi connectivity index (χ4n) is 1.74. The molecule has 1 atom stereocenters. The number of nitrogens with one attached hydrogen (secondary N) is 1. The third-order valence-electron chi connectivity index (χ3n) is 2.61. The van der Waals surface area contributed by atoms with Crippen molar-refractivity contribution in [2.75, 3.05) is 25.1 Å². The summed E-state index contributed by atoms with van der Waals surface area (Å²) in [6, 6.07) is 1.89. The van der Waals surface area contributed by atoms with Crippen LogP contribution in [0, 0.1) is 5.92 Å². The minimum Gasteiger partial charge on any atom is -0.383 e. The first-order valence-electron chi connectivity index (χ1n) is 5.27. The second-order valence-corrected chi connectivity index (χ2v) is 4.23. The van der Waals surface area contributed by atoms with Gasteiger partial charge in [-0.05, 0) is 24.8 Å². The number of rotatable bonds is 3. The molecule has 1 saturated heterocycles. The average Bonchev–Trinajstić information content (AvgIpc) is 2.29. The van der Waals surface area contributed by atoms with Crippen LogP contribution in [0.2, 0.25) is 5.02 Å². The third-order valence-corrected chi connectivity index (χ3v) is 2.91. The Bertz CT molecular complexity index is 313. The van der Waals surface area contributed by atoms with Gasteiger partial charge in [0, 0.05) is 25.5 Å². The smallest absolute Gasteiger partial charge is 0.0820 e. The van der Waals surface area contributed by atoms with Crippen molar-refractivity contribution < 1.29 is 4.74 Å². The Morgan fingerprint density at radius 2 is 2.53 bits per heavy atom. The van der Waals surface area contributed by atoms with Gasteiger partial charge in [-0.1, -0.05) is 11.6 Å². The summed E-state index contributed by atoms with van der Waals surface area (Å²) < 4.78 is 5.42. The molecule has 1 fully saturated rings. The molecule has 2 heterocycles. The van der Waals surface area contributed by atoms with E-state index < -0.39 is 0 Å². The molecular formula is C11H15ClN2O. The normalized spacial score (nSPS) is 21.3. The molecule has 0 saturated carbocycles. The SMILES string of the molecule is Clc1cnccc1NCC1CCCOC1. The van der Waals surface area contributed by atoms with E-state index in [1.807, 2.05) is 6.07 Å². The van der Waals surface area contributed by atoms with E-state index in [4.69, 9.17) is 16.3 Å². The van der Waals surface area contributed by atoms with Crippen LogP contribution in [0.15, 0.2) is 18.5 Å². The van der Waals surface area contributed by atoms with E-state index in [1.165, 1.54) is 6.42 Å². The van der Waals surface area contributed by atoms with Crippen LogP contribution in [0.3, 0.4) is 0 Å². The van der Waals surface area contributed by atoms with Crippen molar-refractivity contribution in [1.29, 1.82) is 0 Å². The first-order chi connectivity index (χ1) is 7.36. The van der Waals surface area contributed by atoms with Gasteiger partial charge in [-0.3, -0.25) is 4.98 Å². The van der Waals surface area contributed by atoms with Gasteiger partial charge >= 0.3 is 0 Å². The number of hydrogen-bond acceptors (Lipinski definition) is 3. The maximum atomic E-state index is 5.99. The second-order valence-electron chi connectivity index (χ2n) is 3.82. The molecule has 0 amide bonds. The molecule has 1 aliphatic heterocycles. The standard InChI is InChI=1S/C11H15ClN2O/c12-10-7-13-4-3-11(10)14-6-9-2-1-5-15-8-9/h3-4,7,9H,1-2,5-6,8H2,(H,13,14). The molecule has 0 aromatic carbocycles. The van der Waals surface area contributed by atoms with Gasteiger partial charge in [-0.2, -0.15) is 0 Å². The molecule has 0 radical (unpaired) electrons. The van der Waals surface area contributed by atoms with Crippen LogP contribution >= 0.6 is 11.6 Å². The predicted molar refractivity (Wildman–Crippen MR) is 61.3 cm³/mol. The lowest BCUT2D eigenvalue weighted by Gasteiger charge is -2.22. The van der Waals surface area contributed by atoms with Gasteiger partial charge in [0.1, 0.15) is 0 Å². The summed E-state index contributed by atoms with van der Waals surface area (Å²) in [6.45, 7) is 2.69. The van der Waals surface area contributed by atoms with Gasteiger partial charge in [-0.15, -0.1) is 0 Å². The lowest BCUT2D eigenvalue weighted by atomic mass is 10.0. The number of aromatic nitrogens is 1. The van der Waals surface area contributed by atoms with Gasteiger partial charge in [0.05, 0.1) is 17.3 Å². The highest BCUT2D eigenvalue weighted by Crippen LogP contribution is 2.21. The molecular weight excluding hydrogens is 212 g/mol. The number of ether oxygens (including phenoxy) is 1. The van der Waals surface area contributed by atoms with Gasteiger partial charge in [-0.25, -0.2) is 0 Å². The Hall–Kier alpha value is -0.800. The highest BCUT2D eigenvalue weighted by Gasteiger charge is 2.13. The van der Waals surface area contributed by atoms with Crippen LogP contribution in [0.5, 0.6) is 0 Å². The van der Waals surface area contributed by atoms with Crippen molar-refractivity contribution in [1.82, 2.24) is 4.98 Å². The first kappa shape index (κ1) is 10.7. The Morgan fingerprint density at radius 3 is 3.27 bits per heavy atom. The molecule has 15 heavy (non-hydrogen) atoms. The van der Waals surface area contributed by atoms with Gasteiger partial charge < -0.3 is 10.1 Å². The zero-order valence-electron chi connectivity index (χ0n) is 8.58. The van der Waals surface area contributed by atoms with E-state index in [0.717, 1.165) is 31.9 Å². The van der Waals surface area contributed by atoms with E-state index in [0.29, 0.717) is 10.9 Å². The van der Waals surface area contributed by atoms with Crippen molar-refractivity contribution >= 4 is 17.3 Å². The highest BCUT2D eigenvalue weighted by atomic mass is 35.5. The quantitative estimate of drug-likeness (QED) is 0.860. The maximum Gasteiger partial charge on any atom is 0.0820 e. The number of halogens is 1. The maximum absolute atomic E-state index is 5.99.